The van der Waals surface area contributed by atoms with Crippen LogP contribution in [-0.4, -0.2) is 38.7 Å². The molecule has 2 aliphatic heterocycles. The quantitative estimate of drug-likeness (QED) is 0.841. The number of fused-ring (bicyclic) bond motifs is 1. The Morgan fingerprint density at radius 2 is 1.97 bits per heavy atom. The molecule has 0 aromatic heterocycles. The van der Waals surface area contributed by atoms with Crippen LogP contribution in [0.25, 0.3) is 0 Å². The predicted molar refractivity (Wildman–Crippen MR) is 107 cm³/mol. The Morgan fingerprint density at radius 3 is 2.76 bits per heavy atom. The molecular weight excluding hydrogens is 372 g/mol. The van der Waals surface area contributed by atoms with E-state index in [4.69, 9.17) is 14.2 Å². The van der Waals surface area contributed by atoms with E-state index >= 15 is 0 Å². The molecule has 2 atom stereocenters. The molecule has 1 N–H and O–H groups in total. The number of benzene rings is 2. The summed E-state index contributed by atoms with van der Waals surface area (Å²) in [5, 5.41) is 3.02. The molecule has 4 rings (SSSR count). The molecule has 2 heterocycles. The molecule has 29 heavy (non-hydrogen) atoms. The van der Waals surface area contributed by atoms with Gasteiger partial charge in [0.15, 0.2) is 11.5 Å². The van der Waals surface area contributed by atoms with E-state index in [1.165, 1.54) is 0 Å². The van der Waals surface area contributed by atoms with E-state index in [-0.39, 0.29) is 24.3 Å². The van der Waals surface area contributed by atoms with Crippen molar-refractivity contribution in [1.82, 2.24) is 5.32 Å². The van der Waals surface area contributed by atoms with Gasteiger partial charge in [-0.15, -0.1) is 0 Å². The van der Waals surface area contributed by atoms with Gasteiger partial charge >= 0.3 is 0 Å². The van der Waals surface area contributed by atoms with Gasteiger partial charge in [0.1, 0.15) is 19.0 Å². The van der Waals surface area contributed by atoms with E-state index in [0.29, 0.717) is 37.0 Å². The van der Waals surface area contributed by atoms with Crippen LogP contribution in [0.1, 0.15) is 24.9 Å². The third-order valence-electron chi connectivity index (χ3n) is 5.29. The van der Waals surface area contributed by atoms with Crippen molar-refractivity contribution >= 4 is 17.5 Å². The number of amides is 2. The molecule has 2 aliphatic rings. The second kappa shape index (κ2) is 8.03. The number of nitrogens with zero attached hydrogens (tertiary/aromatic N) is 1. The molecular formula is C22H24N2O5. The summed E-state index contributed by atoms with van der Waals surface area (Å²) in [6.07, 6.45) is 0.191. The highest BCUT2D eigenvalue weighted by atomic mass is 16.6. The zero-order valence-electron chi connectivity index (χ0n) is 16.5. The lowest BCUT2D eigenvalue weighted by atomic mass is 10.0. The molecule has 1 saturated heterocycles. The molecule has 7 nitrogen and oxygen atoms in total. The largest absolute Gasteiger partial charge is 0.497 e. The first-order valence-electron chi connectivity index (χ1n) is 9.69. The molecule has 0 radical (unpaired) electrons. The molecule has 2 aromatic rings. The number of carbonyl (C=O) groups is 2. The van der Waals surface area contributed by atoms with E-state index < -0.39 is 5.92 Å². The topological polar surface area (TPSA) is 77.1 Å². The van der Waals surface area contributed by atoms with Crippen molar-refractivity contribution in [2.45, 2.75) is 19.4 Å². The van der Waals surface area contributed by atoms with Crippen LogP contribution < -0.4 is 24.4 Å². The van der Waals surface area contributed by atoms with Crippen LogP contribution in [0, 0.1) is 5.92 Å². The zero-order valence-corrected chi connectivity index (χ0v) is 16.5. The molecule has 0 saturated carbocycles. The average Bonchev–Trinajstić information content (AvgIpc) is 3.15. The van der Waals surface area contributed by atoms with Crippen LogP contribution in [0.4, 0.5) is 5.69 Å². The van der Waals surface area contributed by atoms with E-state index in [2.05, 4.69) is 5.32 Å². The number of anilines is 1. The van der Waals surface area contributed by atoms with Gasteiger partial charge in [0.05, 0.1) is 19.1 Å². The second-order valence-electron chi connectivity index (χ2n) is 7.24. The molecule has 0 aliphatic carbocycles. The number of methoxy groups -OCH3 is 1. The molecule has 2 aromatic carbocycles. The molecule has 1 fully saturated rings. The smallest absolute Gasteiger partial charge is 0.227 e. The maximum absolute atomic E-state index is 12.8. The first kappa shape index (κ1) is 19.1. The average molecular weight is 396 g/mol. The van der Waals surface area contributed by atoms with Gasteiger partial charge in [-0.05, 0) is 36.8 Å². The fourth-order valence-corrected chi connectivity index (χ4v) is 3.65. The number of carbonyl (C=O) groups excluding carboxylic acids is 2. The first-order valence-corrected chi connectivity index (χ1v) is 9.69. The lowest BCUT2D eigenvalue weighted by Gasteiger charge is -2.22. The zero-order chi connectivity index (χ0) is 20.4. The molecule has 152 valence electrons. The van der Waals surface area contributed by atoms with E-state index in [1.54, 1.807) is 18.1 Å². The van der Waals surface area contributed by atoms with E-state index in [1.807, 2.05) is 43.3 Å². The summed E-state index contributed by atoms with van der Waals surface area (Å²) < 4.78 is 16.4. The Balaban J connectivity index is 1.41. The van der Waals surface area contributed by atoms with Gasteiger partial charge in [0.25, 0.3) is 0 Å². The normalized spacial score (nSPS) is 19.0. The number of nitrogens with one attached hydrogen (secondary N) is 1. The SMILES string of the molecule is COc1cccc(N2CC(C(=O)NC(C)c3ccc4c(c3)OCCO4)CC2=O)c1. The van der Waals surface area contributed by atoms with E-state index in [9.17, 15) is 9.59 Å². The third kappa shape index (κ3) is 3.99. The minimum Gasteiger partial charge on any atom is -0.497 e. The van der Waals surface area contributed by atoms with Crippen LogP contribution in [0.15, 0.2) is 42.5 Å². The second-order valence-corrected chi connectivity index (χ2v) is 7.24. The summed E-state index contributed by atoms with van der Waals surface area (Å²) in [6, 6.07) is 12.8. The van der Waals surface area contributed by atoms with Crippen LogP contribution in [-0.2, 0) is 9.59 Å². The first-order chi connectivity index (χ1) is 14.0. The van der Waals surface area contributed by atoms with Crippen molar-refractivity contribution in [3.8, 4) is 17.2 Å². The van der Waals surface area contributed by atoms with Crippen molar-refractivity contribution in [3.05, 3.63) is 48.0 Å². The summed E-state index contributed by atoms with van der Waals surface area (Å²) >= 11 is 0. The maximum atomic E-state index is 12.8. The highest BCUT2D eigenvalue weighted by molar-refractivity contribution is 6.00. The number of hydrogen-bond acceptors (Lipinski definition) is 5. The summed E-state index contributed by atoms with van der Waals surface area (Å²) in [7, 11) is 1.58. The maximum Gasteiger partial charge on any atom is 0.227 e. The monoisotopic (exact) mass is 396 g/mol. The van der Waals surface area contributed by atoms with Gasteiger partial charge in [0, 0.05) is 24.7 Å². The molecule has 2 amide bonds. The van der Waals surface area contributed by atoms with Gasteiger partial charge in [-0.25, -0.2) is 0 Å². The molecule has 2 unspecified atom stereocenters. The number of rotatable bonds is 5. The Hall–Kier alpha value is -3.22. The highest BCUT2D eigenvalue weighted by Gasteiger charge is 2.35. The fraction of sp³-hybridized carbons (Fsp3) is 0.364. The summed E-state index contributed by atoms with van der Waals surface area (Å²) in [5.74, 6) is 1.49. The van der Waals surface area contributed by atoms with Crippen LogP contribution >= 0.6 is 0 Å². The Morgan fingerprint density at radius 1 is 1.17 bits per heavy atom. The van der Waals surface area contributed by atoms with E-state index in [0.717, 1.165) is 11.3 Å². The number of ether oxygens (including phenoxy) is 3. The van der Waals surface area contributed by atoms with Gasteiger partial charge in [-0.1, -0.05) is 12.1 Å². The van der Waals surface area contributed by atoms with Gasteiger partial charge in [0.2, 0.25) is 11.8 Å². The van der Waals surface area contributed by atoms with Gasteiger partial charge in [-0.3, -0.25) is 9.59 Å². The van der Waals surface area contributed by atoms with Crippen LogP contribution in [0.2, 0.25) is 0 Å². The number of hydrogen-bond donors (Lipinski definition) is 1. The molecule has 0 bridgehead atoms. The Bertz CT molecular complexity index is 929. The van der Waals surface area contributed by atoms with Crippen molar-refractivity contribution in [2.24, 2.45) is 5.92 Å². The van der Waals surface area contributed by atoms with Crippen molar-refractivity contribution < 1.29 is 23.8 Å². The Labute approximate surface area is 169 Å². The summed E-state index contributed by atoms with van der Waals surface area (Å²) in [5.41, 5.74) is 1.67. The minimum atomic E-state index is -0.395. The van der Waals surface area contributed by atoms with Crippen molar-refractivity contribution in [1.29, 1.82) is 0 Å². The lowest BCUT2D eigenvalue weighted by molar-refractivity contribution is -0.126. The van der Waals surface area contributed by atoms with Gasteiger partial charge in [-0.2, -0.15) is 0 Å². The predicted octanol–water partition coefficient (Wildman–Crippen LogP) is 2.70. The summed E-state index contributed by atoms with van der Waals surface area (Å²) in [4.78, 5) is 26.9. The Kier molecular flexibility index (Phi) is 5.29. The molecule has 0 spiro atoms. The fourth-order valence-electron chi connectivity index (χ4n) is 3.65. The van der Waals surface area contributed by atoms with Gasteiger partial charge < -0.3 is 24.4 Å². The summed E-state index contributed by atoms with van der Waals surface area (Å²) in [6.45, 7) is 3.32. The third-order valence-corrected chi connectivity index (χ3v) is 5.29. The van der Waals surface area contributed by atoms with Crippen molar-refractivity contribution in [2.75, 3.05) is 31.8 Å². The molecule has 7 heteroatoms. The standard InChI is InChI=1S/C22H24N2O5/c1-14(15-6-7-19-20(10-15)29-9-8-28-19)23-22(26)16-11-21(25)24(13-16)17-4-3-5-18(12-17)27-2/h3-7,10,12,14,16H,8-9,11,13H2,1-2H3,(H,23,26). The van der Waals surface area contributed by atoms with Crippen molar-refractivity contribution in [3.63, 3.8) is 0 Å². The highest BCUT2D eigenvalue weighted by Crippen LogP contribution is 2.33. The van der Waals surface area contributed by atoms with Crippen LogP contribution in [0.5, 0.6) is 17.2 Å². The lowest BCUT2D eigenvalue weighted by Crippen LogP contribution is -2.34. The minimum absolute atomic E-state index is 0.0645. The van der Waals surface area contributed by atoms with Crippen LogP contribution in [0.3, 0.4) is 0 Å².